The average molecular weight is 263 g/mol. The fourth-order valence-corrected chi connectivity index (χ4v) is 2.12. The van der Waals surface area contributed by atoms with Crippen LogP contribution in [0, 0.1) is 5.92 Å². The monoisotopic (exact) mass is 263 g/mol. The van der Waals surface area contributed by atoms with Crippen molar-refractivity contribution < 1.29 is 14.7 Å². The molecule has 0 radical (unpaired) electrons. The van der Waals surface area contributed by atoms with Crippen LogP contribution in [-0.2, 0) is 11.3 Å². The van der Waals surface area contributed by atoms with Crippen LogP contribution < -0.4 is 5.32 Å². The molecule has 1 aromatic rings. The second-order valence-corrected chi connectivity index (χ2v) is 4.61. The van der Waals surface area contributed by atoms with Crippen molar-refractivity contribution in [2.75, 3.05) is 13.1 Å². The highest BCUT2D eigenvalue weighted by Gasteiger charge is 2.26. The van der Waals surface area contributed by atoms with Crippen molar-refractivity contribution in [3.05, 3.63) is 30.1 Å². The molecule has 0 atom stereocenters. The van der Waals surface area contributed by atoms with Crippen LogP contribution in [0.15, 0.2) is 24.5 Å². The van der Waals surface area contributed by atoms with E-state index >= 15 is 0 Å². The zero-order valence-corrected chi connectivity index (χ0v) is 10.6. The molecule has 2 rings (SSSR count). The molecule has 1 saturated heterocycles. The van der Waals surface area contributed by atoms with E-state index < -0.39 is 5.97 Å². The molecule has 0 unspecified atom stereocenters. The smallest absolute Gasteiger partial charge is 0.317 e. The summed E-state index contributed by atoms with van der Waals surface area (Å²) >= 11 is 0. The summed E-state index contributed by atoms with van der Waals surface area (Å²) in [6.07, 6.45) is 4.41. The molecule has 6 heteroatoms. The van der Waals surface area contributed by atoms with Crippen molar-refractivity contribution >= 4 is 12.0 Å². The second-order valence-electron chi connectivity index (χ2n) is 4.61. The number of carbonyl (C=O) groups excluding carboxylic acids is 1. The van der Waals surface area contributed by atoms with Gasteiger partial charge in [-0.15, -0.1) is 0 Å². The minimum atomic E-state index is -0.767. The summed E-state index contributed by atoms with van der Waals surface area (Å²) in [6, 6.07) is 3.55. The number of carbonyl (C=O) groups is 2. The number of aliphatic carboxylic acids is 1. The van der Waals surface area contributed by atoms with Gasteiger partial charge in [-0.05, 0) is 30.5 Å². The molecule has 2 amide bonds. The highest BCUT2D eigenvalue weighted by molar-refractivity contribution is 5.75. The summed E-state index contributed by atoms with van der Waals surface area (Å²) in [6.45, 7) is 1.46. The van der Waals surface area contributed by atoms with Gasteiger partial charge in [-0.1, -0.05) is 0 Å². The van der Waals surface area contributed by atoms with Crippen LogP contribution in [0.5, 0.6) is 0 Å². The van der Waals surface area contributed by atoms with Crippen LogP contribution in [0.2, 0.25) is 0 Å². The summed E-state index contributed by atoms with van der Waals surface area (Å²) in [5.41, 5.74) is 0.990. The first kappa shape index (κ1) is 13.3. The molecule has 6 nitrogen and oxygen atoms in total. The number of rotatable bonds is 3. The van der Waals surface area contributed by atoms with Crippen LogP contribution in [0.4, 0.5) is 4.79 Å². The molecule has 1 aliphatic heterocycles. The molecule has 0 spiro atoms. The molecule has 0 saturated carbocycles. The first-order valence-electron chi connectivity index (χ1n) is 6.31. The van der Waals surface area contributed by atoms with Crippen LogP contribution in [0.3, 0.4) is 0 Å². The molecular formula is C13H17N3O3. The van der Waals surface area contributed by atoms with Gasteiger partial charge in [0.15, 0.2) is 0 Å². The first-order valence-corrected chi connectivity index (χ1v) is 6.31. The quantitative estimate of drug-likeness (QED) is 0.855. The highest BCUT2D eigenvalue weighted by atomic mass is 16.4. The molecule has 2 N–H and O–H groups in total. The topological polar surface area (TPSA) is 82.5 Å². The van der Waals surface area contributed by atoms with Gasteiger partial charge < -0.3 is 15.3 Å². The highest BCUT2D eigenvalue weighted by Crippen LogP contribution is 2.17. The van der Waals surface area contributed by atoms with Gasteiger partial charge in [-0.2, -0.15) is 0 Å². The molecule has 102 valence electrons. The lowest BCUT2D eigenvalue weighted by atomic mass is 9.97. The Morgan fingerprint density at radius 1 is 1.32 bits per heavy atom. The molecule has 0 aromatic carbocycles. The SMILES string of the molecule is O=C(O)C1CCN(C(=O)NCc2ccncc2)CC1. The Hall–Kier alpha value is -2.11. The molecule has 1 aliphatic rings. The van der Waals surface area contributed by atoms with E-state index in [4.69, 9.17) is 5.11 Å². The number of likely N-dealkylation sites (tertiary alicyclic amines) is 1. The third-order valence-corrected chi connectivity index (χ3v) is 3.32. The molecule has 0 aliphatic carbocycles. The Morgan fingerprint density at radius 3 is 2.53 bits per heavy atom. The lowest BCUT2D eigenvalue weighted by Gasteiger charge is -2.30. The maximum Gasteiger partial charge on any atom is 0.317 e. The van der Waals surface area contributed by atoms with Crippen molar-refractivity contribution in [3.63, 3.8) is 0 Å². The Kier molecular flexibility index (Phi) is 4.33. The molecule has 19 heavy (non-hydrogen) atoms. The molecule has 1 fully saturated rings. The van der Waals surface area contributed by atoms with E-state index in [0.29, 0.717) is 32.5 Å². The van der Waals surface area contributed by atoms with Gasteiger partial charge in [0.25, 0.3) is 0 Å². The van der Waals surface area contributed by atoms with Crippen LogP contribution in [-0.4, -0.2) is 40.1 Å². The van der Waals surface area contributed by atoms with E-state index in [1.165, 1.54) is 0 Å². The Morgan fingerprint density at radius 2 is 1.95 bits per heavy atom. The maximum atomic E-state index is 11.9. The number of piperidine rings is 1. The van der Waals surface area contributed by atoms with Crippen molar-refractivity contribution in [2.45, 2.75) is 19.4 Å². The van der Waals surface area contributed by atoms with E-state index in [1.807, 2.05) is 12.1 Å². The number of carboxylic acid groups (broad SMARTS) is 1. The zero-order valence-electron chi connectivity index (χ0n) is 10.6. The minimum absolute atomic E-state index is 0.138. The van der Waals surface area contributed by atoms with E-state index in [-0.39, 0.29) is 11.9 Å². The number of nitrogens with zero attached hydrogens (tertiary/aromatic N) is 2. The van der Waals surface area contributed by atoms with E-state index in [1.54, 1.807) is 17.3 Å². The Balaban J connectivity index is 1.77. The number of pyridine rings is 1. The molecule has 1 aromatic heterocycles. The average Bonchev–Trinajstić information content (AvgIpc) is 2.46. The number of urea groups is 1. The lowest BCUT2D eigenvalue weighted by molar-refractivity contribution is -0.143. The van der Waals surface area contributed by atoms with Gasteiger partial charge in [0.05, 0.1) is 5.92 Å². The zero-order chi connectivity index (χ0) is 13.7. The van der Waals surface area contributed by atoms with Crippen molar-refractivity contribution in [1.82, 2.24) is 15.2 Å². The van der Waals surface area contributed by atoms with Gasteiger partial charge >= 0.3 is 12.0 Å². The Bertz CT molecular complexity index is 442. The van der Waals surface area contributed by atoms with Gasteiger partial charge in [0.2, 0.25) is 0 Å². The number of hydrogen-bond donors (Lipinski definition) is 2. The summed E-state index contributed by atoms with van der Waals surface area (Å²) in [5.74, 6) is -1.08. The summed E-state index contributed by atoms with van der Waals surface area (Å²) < 4.78 is 0. The summed E-state index contributed by atoms with van der Waals surface area (Å²) in [7, 11) is 0. The van der Waals surface area contributed by atoms with Crippen molar-refractivity contribution in [2.24, 2.45) is 5.92 Å². The van der Waals surface area contributed by atoms with Gasteiger partial charge in [0, 0.05) is 32.0 Å². The standard InChI is InChI=1S/C13H17N3O3/c17-12(18)11-3-7-16(8-4-11)13(19)15-9-10-1-5-14-6-2-10/h1-2,5-6,11H,3-4,7-9H2,(H,15,19)(H,17,18). The van der Waals surface area contributed by atoms with Crippen LogP contribution >= 0.6 is 0 Å². The summed E-state index contributed by atoms with van der Waals surface area (Å²) in [4.78, 5) is 28.3. The first-order chi connectivity index (χ1) is 9.16. The number of carboxylic acids is 1. The van der Waals surface area contributed by atoms with E-state index in [2.05, 4.69) is 10.3 Å². The second kappa shape index (κ2) is 6.17. The van der Waals surface area contributed by atoms with Crippen molar-refractivity contribution in [3.8, 4) is 0 Å². The lowest BCUT2D eigenvalue weighted by Crippen LogP contribution is -2.45. The number of amides is 2. The van der Waals surface area contributed by atoms with E-state index in [9.17, 15) is 9.59 Å². The Labute approximate surface area is 111 Å². The van der Waals surface area contributed by atoms with Gasteiger partial charge in [0.1, 0.15) is 0 Å². The number of aromatic nitrogens is 1. The van der Waals surface area contributed by atoms with Crippen molar-refractivity contribution in [1.29, 1.82) is 0 Å². The molecular weight excluding hydrogens is 246 g/mol. The maximum absolute atomic E-state index is 11.9. The van der Waals surface area contributed by atoms with Crippen LogP contribution in [0.1, 0.15) is 18.4 Å². The third-order valence-electron chi connectivity index (χ3n) is 3.32. The minimum Gasteiger partial charge on any atom is -0.481 e. The normalized spacial score (nSPS) is 16.1. The fourth-order valence-electron chi connectivity index (χ4n) is 2.12. The number of hydrogen-bond acceptors (Lipinski definition) is 3. The largest absolute Gasteiger partial charge is 0.481 e. The summed E-state index contributed by atoms with van der Waals surface area (Å²) in [5, 5.41) is 11.7. The third kappa shape index (κ3) is 3.67. The van der Waals surface area contributed by atoms with Gasteiger partial charge in [-0.25, -0.2) is 4.79 Å². The predicted octanol–water partition coefficient (Wildman–Crippen LogP) is 1.09. The molecule has 2 heterocycles. The molecule has 0 bridgehead atoms. The predicted molar refractivity (Wildman–Crippen MR) is 68.4 cm³/mol. The van der Waals surface area contributed by atoms with Crippen LogP contribution in [0.25, 0.3) is 0 Å². The number of nitrogens with one attached hydrogen (secondary N) is 1. The van der Waals surface area contributed by atoms with Gasteiger partial charge in [-0.3, -0.25) is 9.78 Å². The fraction of sp³-hybridized carbons (Fsp3) is 0.462. The van der Waals surface area contributed by atoms with E-state index in [0.717, 1.165) is 5.56 Å².